The molecule has 0 spiro atoms. The summed E-state index contributed by atoms with van der Waals surface area (Å²) in [4.78, 5) is 0. The summed E-state index contributed by atoms with van der Waals surface area (Å²) >= 11 is 0. The van der Waals surface area contributed by atoms with Crippen molar-refractivity contribution in [3.05, 3.63) is 231 Å². The molecular weight excluding hydrogens is 705 g/mol. The van der Waals surface area contributed by atoms with Crippen LogP contribution in [0.2, 0.25) is 0 Å². The number of aromatic nitrogens is 2. The van der Waals surface area contributed by atoms with Crippen molar-refractivity contribution < 1.29 is 0 Å². The summed E-state index contributed by atoms with van der Waals surface area (Å²) in [5.74, 6) is 0. The molecule has 11 rings (SSSR count). The average Bonchev–Trinajstić information content (AvgIpc) is 3.81. The molecule has 2 nitrogen and oxygen atoms in total. The fourth-order valence-corrected chi connectivity index (χ4v) is 14.3. The van der Waals surface area contributed by atoms with Gasteiger partial charge in [0.25, 0.3) is 0 Å². The van der Waals surface area contributed by atoms with Gasteiger partial charge >= 0.3 is 0 Å². The Kier molecular flexibility index (Phi) is 7.87. The van der Waals surface area contributed by atoms with E-state index < -0.39 is 8.07 Å². The predicted molar refractivity (Wildman–Crippen MR) is 244 cm³/mol. The van der Waals surface area contributed by atoms with Crippen molar-refractivity contribution >= 4 is 72.4 Å². The highest BCUT2D eigenvalue weighted by Crippen LogP contribution is 2.42. The van der Waals surface area contributed by atoms with Crippen LogP contribution in [0.1, 0.15) is 0 Å². The molecule has 0 N–H and O–H groups in total. The van der Waals surface area contributed by atoms with Crippen LogP contribution in [0.3, 0.4) is 0 Å². The average molecular weight is 743 g/mol. The summed E-state index contributed by atoms with van der Waals surface area (Å²) in [6.45, 7) is 0. The third kappa shape index (κ3) is 5.10. The van der Waals surface area contributed by atoms with Crippen molar-refractivity contribution in [2.45, 2.75) is 0 Å². The number of hydrogen-bond acceptors (Lipinski definition) is 0. The highest BCUT2D eigenvalue weighted by molar-refractivity contribution is 7.20. The lowest BCUT2D eigenvalue weighted by atomic mass is 9.99. The van der Waals surface area contributed by atoms with Gasteiger partial charge in [0.2, 0.25) is 0 Å². The van der Waals surface area contributed by atoms with E-state index in [0.717, 1.165) is 11.4 Å². The Labute approximate surface area is 333 Å². The van der Waals surface area contributed by atoms with Crippen LogP contribution < -0.4 is 20.7 Å². The lowest BCUT2D eigenvalue weighted by Gasteiger charge is -2.34. The molecular formula is C54H38N2Si. The van der Waals surface area contributed by atoms with Gasteiger partial charge in [-0.15, -0.1) is 0 Å². The third-order valence-corrected chi connectivity index (χ3v) is 16.6. The smallest absolute Gasteiger partial charge is 0.179 e. The summed E-state index contributed by atoms with van der Waals surface area (Å²) in [7, 11) is -2.80. The lowest BCUT2D eigenvalue weighted by Crippen LogP contribution is -2.74. The van der Waals surface area contributed by atoms with Gasteiger partial charge in [-0.1, -0.05) is 194 Å². The molecule has 0 aliphatic carbocycles. The van der Waals surface area contributed by atoms with Crippen molar-refractivity contribution in [3.8, 4) is 22.5 Å². The van der Waals surface area contributed by atoms with Gasteiger partial charge in [0.15, 0.2) is 8.07 Å². The van der Waals surface area contributed by atoms with Gasteiger partial charge < -0.3 is 9.13 Å². The van der Waals surface area contributed by atoms with Crippen LogP contribution in [0.4, 0.5) is 0 Å². The van der Waals surface area contributed by atoms with Crippen molar-refractivity contribution in [1.29, 1.82) is 0 Å². The molecule has 0 amide bonds. The molecule has 0 atom stereocenters. The SMILES string of the molecule is c1ccc(-c2cccc3c2c2cccc(-n4c5ccccc5c5ccc([Si](c6ccccc6)(c6ccccc6)c6ccccc6)cc54)c2n3-c2ccccc2)cc1. The van der Waals surface area contributed by atoms with Crippen LogP contribution in [0, 0.1) is 0 Å². The summed E-state index contributed by atoms with van der Waals surface area (Å²) in [5, 5.41) is 10.4. The van der Waals surface area contributed by atoms with E-state index in [2.05, 4.69) is 240 Å². The molecule has 0 aliphatic heterocycles. The summed E-state index contributed by atoms with van der Waals surface area (Å²) in [5.41, 5.74) is 9.51. The van der Waals surface area contributed by atoms with Crippen molar-refractivity contribution in [2.24, 2.45) is 0 Å². The Hall–Kier alpha value is -7.20. The standard InChI is InChI=1S/C54H38N2Si/c1-6-20-39(21-7-1)45-31-18-34-50-53(45)48-32-19-35-51(54(48)55(50)40-22-8-2-9-23-40)56-49-33-17-16-30-46(49)47-37-36-44(38-52(47)56)57(41-24-10-3-11-25-41,42-26-12-4-13-27-42)43-28-14-5-15-29-43/h1-38H. The number of hydrogen-bond donors (Lipinski definition) is 0. The molecule has 0 saturated carbocycles. The molecule has 0 saturated heterocycles. The molecule has 0 bridgehead atoms. The first kappa shape index (κ1) is 33.2. The van der Waals surface area contributed by atoms with Crippen molar-refractivity contribution in [1.82, 2.24) is 9.13 Å². The third-order valence-electron chi connectivity index (χ3n) is 11.9. The molecule has 9 aromatic carbocycles. The van der Waals surface area contributed by atoms with Crippen LogP contribution in [0.15, 0.2) is 231 Å². The second-order valence-electron chi connectivity index (χ2n) is 14.8. The highest BCUT2D eigenvalue weighted by atomic mass is 28.3. The summed E-state index contributed by atoms with van der Waals surface area (Å²) in [6.07, 6.45) is 0. The summed E-state index contributed by atoms with van der Waals surface area (Å²) in [6, 6.07) is 85.2. The Bertz CT molecular complexity index is 3110. The van der Waals surface area contributed by atoms with Crippen molar-refractivity contribution in [3.63, 3.8) is 0 Å². The van der Waals surface area contributed by atoms with E-state index in [0.29, 0.717) is 0 Å². The van der Waals surface area contributed by atoms with Crippen LogP contribution in [0.25, 0.3) is 66.1 Å². The molecule has 2 aromatic heterocycles. The zero-order valence-corrected chi connectivity index (χ0v) is 32.3. The van der Waals surface area contributed by atoms with Crippen LogP contribution in [0.5, 0.6) is 0 Å². The lowest BCUT2D eigenvalue weighted by molar-refractivity contribution is 1.13. The fraction of sp³-hybridized carbons (Fsp3) is 0. The molecule has 57 heavy (non-hydrogen) atoms. The minimum atomic E-state index is -2.80. The van der Waals surface area contributed by atoms with E-state index in [1.54, 1.807) is 0 Å². The highest BCUT2D eigenvalue weighted by Gasteiger charge is 2.41. The Morgan fingerprint density at radius 3 is 1.47 bits per heavy atom. The maximum absolute atomic E-state index is 2.80. The van der Waals surface area contributed by atoms with E-state index in [9.17, 15) is 0 Å². The zero-order valence-electron chi connectivity index (χ0n) is 31.3. The quantitative estimate of drug-likeness (QED) is 0.114. The van der Waals surface area contributed by atoms with Gasteiger partial charge in [0, 0.05) is 27.2 Å². The topological polar surface area (TPSA) is 9.86 Å². The molecule has 11 aromatic rings. The fourth-order valence-electron chi connectivity index (χ4n) is 9.51. The number of nitrogens with zero attached hydrogens (tertiary/aromatic N) is 2. The first-order chi connectivity index (χ1) is 28.3. The van der Waals surface area contributed by atoms with E-state index in [4.69, 9.17) is 0 Å². The van der Waals surface area contributed by atoms with Gasteiger partial charge in [-0.05, 0) is 68.3 Å². The molecule has 0 radical (unpaired) electrons. The molecule has 2 heterocycles. The van der Waals surface area contributed by atoms with Gasteiger partial charge in [0.05, 0.1) is 27.8 Å². The second kappa shape index (κ2) is 13.5. The molecule has 0 aliphatic rings. The molecule has 0 fully saturated rings. The minimum Gasteiger partial charge on any atom is -0.307 e. The Balaban J connectivity index is 1.29. The molecule has 0 unspecified atom stereocenters. The van der Waals surface area contributed by atoms with Crippen molar-refractivity contribution in [2.75, 3.05) is 0 Å². The summed E-state index contributed by atoms with van der Waals surface area (Å²) < 4.78 is 5.02. The van der Waals surface area contributed by atoms with Gasteiger partial charge in [-0.25, -0.2) is 0 Å². The first-order valence-electron chi connectivity index (χ1n) is 19.7. The maximum Gasteiger partial charge on any atom is 0.179 e. The zero-order chi connectivity index (χ0) is 37.8. The second-order valence-corrected chi connectivity index (χ2v) is 18.7. The van der Waals surface area contributed by atoms with Crippen LogP contribution in [-0.2, 0) is 0 Å². The van der Waals surface area contributed by atoms with Crippen LogP contribution >= 0.6 is 0 Å². The number of rotatable bonds is 7. The first-order valence-corrected chi connectivity index (χ1v) is 21.7. The van der Waals surface area contributed by atoms with Gasteiger partial charge in [-0.3, -0.25) is 0 Å². The predicted octanol–water partition coefficient (Wildman–Crippen LogP) is 10.9. The van der Waals surface area contributed by atoms with E-state index in [-0.39, 0.29) is 0 Å². The monoisotopic (exact) mass is 742 g/mol. The Morgan fingerprint density at radius 2 is 0.825 bits per heavy atom. The van der Waals surface area contributed by atoms with E-state index >= 15 is 0 Å². The molecule has 268 valence electrons. The minimum absolute atomic E-state index is 1.14. The largest absolute Gasteiger partial charge is 0.307 e. The normalized spacial score (nSPS) is 11.9. The maximum atomic E-state index is 2.54. The molecule has 3 heteroatoms. The van der Waals surface area contributed by atoms with Gasteiger partial charge in [-0.2, -0.15) is 0 Å². The number of para-hydroxylation sites is 3. The van der Waals surface area contributed by atoms with Crippen LogP contribution in [-0.4, -0.2) is 17.2 Å². The number of benzene rings is 9. The Morgan fingerprint density at radius 1 is 0.316 bits per heavy atom. The van der Waals surface area contributed by atoms with E-state index in [1.807, 2.05) is 0 Å². The number of fused-ring (bicyclic) bond motifs is 6. The van der Waals surface area contributed by atoms with E-state index in [1.165, 1.54) is 75.5 Å². The van der Waals surface area contributed by atoms with Gasteiger partial charge in [0.1, 0.15) is 0 Å².